The van der Waals surface area contributed by atoms with Gasteiger partial charge in [-0.25, -0.2) is 17.6 Å². The van der Waals surface area contributed by atoms with Crippen LogP contribution in [0.15, 0.2) is 42.4 Å². The molecule has 12 heteroatoms. The lowest BCUT2D eigenvalue weighted by atomic mass is 9.80. The first-order chi connectivity index (χ1) is 23.3. The summed E-state index contributed by atoms with van der Waals surface area (Å²) in [4.78, 5) is 17.9. The Morgan fingerprint density at radius 1 is 1.17 bits per heavy atom. The van der Waals surface area contributed by atoms with Crippen LogP contribution in [-0.4, -0.2) is 77.1 Å². The Morgan fingerprint density at radius 3 is 2.81 bits per heavy atom. The van der Waals surface area contributed by atoms with E-state index < -0.39 is 29.4 Å². The number of benzene rings is 2. The lowest BCUT2D eigenvalue weighted by Gasteiger charge is -2.36. The van der Waals surface area contributed by atoms with Crippen LogP contribution in [-0.2, 0) is 4.74 Å². The van der Waals surface area contributed by atoms with Crippen LogP contribution in [0, 0.1) is 35.3 Å². The third-order valence-corrected chi connectivity index (χ3v) is 11.4. The van der Waals surface area contributed by atoms with Crippen molar-refractivity contribution in [3.63, 3.8) is 0 Å². The van der Waals surface area contributed by atoms with Gasteiger partial charge in [0.05, 0.1) is 42.1 Å². The summed E-state index contributed by atoms with van der Waals surface area (Å²) in [5.41, 5.74) is 6.81. The van der Waals surface area contributed by atoms with Crippen LogP contribution >= 0.6 is 0 Å². The summed E-state index contributed by atoms with van der Waals surface area (Å²) >= 11 is 0. The standard InChI is InChI=1S/C36H32F4N6O2/c1-2-22-26(38)4-3-20-11-21(41)12-23(27(20)22)30-29(40)31-24(15-42-30)33(46-9-10-47-17-25-28(39)32(25)46)44-34(43-31)48-18-36-13-19(14-37)16-45(36)8-7-35(36)5-6-35/h1,3-4,11-12,14-15,25,28,32H,5-10,13,16-18,41H2/b19-14-/t25-,28-,32-,36-/m0/s1. The molecule has 9 rings (SSSR count). The van der Waals surface area contributed by atoms with E-state index in [2.05, 4.69) is 20.8 Å². The first-order valence-corrected chi connectivity index (χ1v) is 16.3. The second-order valence-corrected chi connectivity index (χ2v) is 13.8. The molecule has 5 fully saturated rings. The second-order valence-electron chi connectivity index (χ2n) is 13.8. The highest BCUT2D eigenvalue weighted by Crippen LogP contribution is 2.66. The Labute approximate surface area is 273 Å². The van der Waals surface area contributed by atoms with Crippen LogP contribution in [0.4, 0.5) is 29.1 Å². The number of hydrogen-bond donors (Lipinski definition) is 1. The smallest absolute Gasteiger partial charge is 0.319 e. The molecule has 0 bridgehead atoms. The molecule has 2 saturated carbocycles. The normalized spacial score (nSPS) is 28.1. The zero-order chi connectivity index (χ0) is 32.9. The van der Waals surface area contributed by atoms with Crippen LogP contribution in [0.1, 0.15) is 31.2 Å². The highest BCUT2D eigenvalue weighted by Gasteiger charge is 2.67. The number of pyridine rings is 1. The van der Waals surface area contributed by atoms with E-state index in [1.165, 1.54) is 24.4 Å². The molecule has 246 valence electrons. The average Bonchev–Trinajstić information content (AvgIpc) is 3.96. The molecule has 0 amide bonds. The number of ether oxygens (including phenoxy) is 2. The molecule has 3 aliphatic heterocycles. The first kappa shape index (κ1) is 29.7. The minimum Gasteiger partial charge on any atom is -0.461 e. The Balaban J connectivity index is 1.20. The summed E-state index contributed by atoms with van der Waals surface area (Å²) in [5.74, 6) is 0.906. The molecule has 1 spiro atoms. The van der Waals surface area contributed by atoms with Gasteiger partial charge in [0.2, 0.25) is 0 Å². The van der Waals surface area contributed by atoms with Gasteiger partial charge >= 0.3 is 6.01 Å². The summed E-state index contributed by atoms with van der Waals surface area (Å²) in [6, 6.07) is 5.35. The van der Waals surface area contributed by atoms with E-state index in [1.54, 1.807) is 11.0 Å². The molecular weight excluding hydrogens is 624 g/mol. The number of alkyl halides is 1. The summed E-state index contributed by atoms with van der Waals surface area (Å²) < 4.78 is 72.7. The van der Waals surface area contributed by atoms with Gasteiger partial charge in [-0.1, -0.05) is 12.0 Å². The SMILES string of the molecule is C#Cc1c(F)ccc2cc(N)cc(-c3ncc4c(N5CCOC[C@H]6[C@H](F)[C@H]65)nc(OC[C@]56C/C(=C/F)CN5CCC65CC5)nc4c3F)c12. The predicted octanol–water partition coefficient (Wildman–Crippen LogP) is 5.72. The molecule has 2 aliphatic carbocycles. The molecule has 4 aromatic rings. The predicted molar refractivity (Wildman–Crippen MR) is 173 cm³/mol. The summed E-state index contributed by atoms with van der Waals surface area (Å²) in [6.45, 7) is 2.53. The van der Waals surface area contributed by atoms with Crippen molar-refractivity contribution in [1.29, 1.82) is 0 Å². The van der Waals surface area contributed by atoms with Gasteiger partial charge in [0.25, 0.3) is 0 Å². The van der Waals surface area contributed by atoms with Gasteiger partial charge in [-0.05, 0) is 66.8 Å². The fourth-order valence-electron chi connectivity index (χ4n) is 8.73. The van der Waals surface area contributed by atoms with E-state index in [1.807, 2.05) is 0 Å². The van der Waals surface area contributed by atoms with Crippen molar-refractivity contribution in [2.75, 3.05) is 50.1 Å². The van der Waals surface area contributed by atoms with E-state index in [4.69, 9.17) is 26.6 Å². The van der Waals surface area contributed by atoms with Crippen molar-refractivity contribution in [3.05, 3.63) is 59.6 Å². The van der Waals surface area contributed by atoms with Gasteiger partial charge in [-0.15, -0.1) is 6.42 Å². The van der Waals surface area contributed by atoms with Crippen molar-refractivity contribution < 1.29 is 27.0 Å². The second kappa shape index (κ2) is 10.5. The minimum atomic E-state index is -1.13. The number of halogens is 4. The number of hydrogen-bond acceptors (Lipinski definition) is 8. The molecule has 2 aromatic carbocycles. The lowest BCUT2D eigenvalue weighted by Crippen LogP contribution is -2.49. The van der Waals surface area contributed by atoms with E-state index in [0.717, 1.165) is 31.4 Å². The third-order valence-electron chi connectivity index (χ3n) is 11.4. The minimum absolute atomic E-state index is 0.0306. The molecular formula is C36H32F4N6O2. The lowest BCUT2D eigenvalue weighted by molar-refractivity contribution is 0.0649. The van der Waals surface area contributed by atoms with E-state index in [0.29, 0.717) is 54.7 Å². The van der Waals surface area contributed by atoms with Gasteiger partial charge in [0.15, 0.2) is 5.82 Å². The van der Waals surface area contributed by atoms with Crippen LogP contribution in [0.5, 0.6) is 6.01 Å². The number of nitrogens with two attached hydrogens (primary N) is 1. The zero-order valence-corrected chi connectivity index (χ0v) is 26.0. The number of aromatic nitrogens is 3. The van der Waals surface area contributed by atoms with Crippen LogP contribution in [0.3, 0.4) is 0 Å². The van der Waals surface area contributed by atoms with Crippen molar-refractivity contribution >= 4 is 33.2 Å². The first-order valence-electron chi connectivity index (χ1n) is 16.3. The Hall–Kier alpha value is -4.47. The van der Waals surface area contributed by atoms with Gasteiger partial charge in [-0.3, -0.25) is 9.88 Å². The van der Waals surface area contributed by atoms with Crippen LogP contribution < -0.4 is 15.4 Å². The number of nitrogens with zero attached hydrogens (tertiary/aromatic N) is 5. The number of fused-ring (bicyclic) bond motifs is 5. The van der Waals surface area contributed by atoms with Crippen LogP contribution in [0.25, 0.3) is 32.9 Å². The molecule has 5 heterocycles. The highest BCUT2D eigenvalue weighted by atomic mass is 19.1. The monoisotopic (exact) mass is 656 g/mol. The molecule has 0 unspecified atom stereocenters. The van der Waals surface area contributed by atoms with Crippen molar-refractivity contribution in [3.8, 4) is 29.6 Å². The van der Waals surface area contributed by atoms with Gasteiger partial charge < -0.3 is 20.1 Å². The van der Waals surface area contributed by atoms with E-state index in [-0.39, 0.29) is 58.3 Å². The summed E-state index contributed by atoms with van der Waals surface area (Å²) in [7, 11) is 0. The molecule has 2 N–H and O–H groups in total. The maximum absolute atomic E-state index is 17.0. The number of nitrogen functional groups attached to an aromatic ring is 1. The maximum Gasteiger partial charge on any atom is 0.319 e. The Kier molecular flexibility index (Phi) is 6.49. The van der Waals surface area contributed by atoms with E-state index >= 15 is 8.78 Å². The molecule has 0 radical (unpaired) electrons. The molecule has 48 heavy (non-hydrogen) atoms. The number of terminal acetylenes is 1. The third kappa shape index (κ3) is 4.19. The van der Waals surface area contributed by atoms with Gasteiger partial charge in [0, 0.05) is 41.8 Å². The van der Waals surface area contributed by atoms with Gasteiger partial charge in [-0.2, -0.15) is 9.97 Å². The van der Waals surface area contributed by atoms with Crippen molar-refractivity contribution in [2.24, 2.45) is 11.3 Å². The quantitative estimate of drug-likeness (QED) is 0.166. The summed E-state index contributed by atoms with van der Waals surface area (Å²) in [5, 5.41) is 1.09. The number of rotatable bonds is 5. The Morgan fingerprint density at radius 2 is 2.02 bits per heavy atom. The highest BCUT2D eigenvalue weighted by molar-refractivity contribution is 6.03. The average molecular weight is 657 g/mol. The van der Waals surface area contributed by atoms with Crippen molar-refractivity contribution in [1.82, 2.24) is 19.9 Å². The molecule has 2 aromatic heterocycles. The summed E-state index contributed by atoms with van der Waals surface area (Å²) in [6.07, 6.45) is 10.3. The Bertz CT molecular complexity index is 2100. The molecule has 8 nitrogen and oxygen atoms in total. The maximum atomic E-state index is 17.0. The molecule has 4 atom stereocenters. The molecule has 5 aliphatic rings. The largest absolute Gasteiger partial charge is 0.461 e. The van der Waals surface area contributed by atoms with Gasteiger partial charge in [0.1, 0.15) is 35.6 Å². The van der Waals surface area contributed by atoms with Crippen molar-refractivity contribution in [2.45, 2.75) is 43.4 Å². The topological polar surface area (TPSA) is 89.6 Å². The number of anilines is 2. The fourth-order valence-corrected chi connectivity index (χ4v) is 8.73. The fraction of sp³-hybridized carbons (Fsp3) is 0.417. The van der Waals surface area contributed by atoms with Crippen LogP contribution in [0.2, 0.25) is 0 Å². The zero-order valence-electron chi connectivity index (χ0n) is 26.0. The van der Waals surface area contributed by atoms with E-state index in [9.17, 15) is 8.78 Å². The molecule has 3 saturated heterocycles.